The van der Waals surface area contributed by atoms with Crippen LogP contribution in [0.1, 0.15) is 53.7 Å². The largest absolute Gasteiger partial charge is 0.356 e. The first kappa shape index (κ1) is 19.3. The first-order valence-corrected chi connectivity index (χ1v) is 11.2. The monoisotopic (exact) mass is 406 g/mol. The summed E-state index contributed by atoms with van der Waals surface area (Å²) in [5.74, 6) is 0.661. The number of likely N-dealkylation sites (tertiary alicyclic amines) is 1. The molecule has 3 aliphatic rings. The summed E-state index contributed by atoms with van der Waals surface area (Å²) >= 11 is 0. The number of benzene rings is 1. The number of hydrogen-bond donors (Lipinski definition) is 2. The quantitative estimate of drug-likeness (QED) is 0.798. The highest BCUT2D eigenvalue weighted by molar-refractivity contribution is 5.94. The molecular weight excluding hydrogens is 376 g/mol. The van der Waals surface area contributed by atoms with Gasteiger partial charge in [0.25, 0.3) is 5.91 Å². The molecule has 2 saturated carbocycles. The Morgan fingerprint density at radius 3 is 2.67 bits per heavy atom. The van der Waals surface area contributed by atoms with Crippen LogP contribution in [0.25, 0.3) is 11.3 Å². The zero-order valence-electron chi connectivity index (χ0n) is 17.8. The van der Waals surface area contributed by atoms with Gasteiger partial charge >= 0.3 is 0 Å². The van der Waals surface area contributed by atoms with Gasteiger partial charge in [-0.2, -0.15) is 5.10 Å². The van der Waals surface area contributed by atoms with Gasteiger partial charge in [-0.25, -0.2) is 0 Å². The van der Waals surface area contributed by atoms with Crippen LogP contribution in [0.4, 0.5) is 0 Å². The number of H-pyrrole nitrogens is 1. The van der Waals surface area contributed by atoms with E-state index in [0.717, 1.165) is 37.1 Å². The number of carbonyl (C=O) groups is 2. The third-order valence-corrected chi connectivity index (χ3v) is 7.47. The van der Waals surface area contributed by atoms with Crippen LogP contribution in [-0.2, 0) is 4.79 Å². The fraction of sp³-hybridized carbons (Fsp3) is 0.542. The Bertz CT molecular complexity index is 987. The summed E-state index contributed by atoms with van der Waals surface area (Å²) < 4.78 is 0. The van der Waals surface area contributed by atoms with Crippen molar-refractivity contribution in [3.05, 3.63) is 41.1 Å². The van der Waals surface area contributed by atoms with Crippen molar-refractivity contribution in [3.63, 3.8) is 0 Å². The Balaban J connectivity index is 1.30. The fourth-order valence-electron chi connectivity index (χ4n) is 4.96. The van der Waals surface area contributed by atoms with Gasteiger partial charge in [0.1, 0.15) is 5.69 Å². The van der Waals surface area contributed by atoms with Gasteiger partial charge in [0.05, 0.1) is 11.6 Å². The summed E-state index contributed by atoms with van der Waals surface area (Å²) in [6.07, 6.45) is 5.67. The molecule has 1 aliphatic heterocycles. The number of aromatic amines is 1. The number of nitrogens with zero attached hydrogens (tertiary/aromatic N) is 2. The van der Waals surface area contributed by atoms with E-state index in [-0.39, 0.29) is 23.1 Å². The van der Waals surface area contributed by atoms with Crippen LogP contribution in [0.15, 0.2) is 24.3 Å². The molecule has 1 aromatic carbocycles. The van der Waals surface area contributed by atoms with E-state index in [1.165, 1.54) is 24.0 Å². The Morgan fingerprint density at radius 2 is 2.00 bits per heavy atom. The molecule has 158 valence electrons. The van der Waals surface area contributed by atoms with Crippen molar-refractivity contribution < 1.29 is 9.59 Å². The lowest BCUT2D eigenvalue weighted by Crippen LogP contribution is -2.45. The van der Waals surface area contributed by atoms with Crippen LogP contribution in [0.5, 0.6) is 0 Å². The van der Waals surface area contributed by atoms with Crippen molar-refractivity contribution in [1.82, 2.24) is 20.4 Å². The molecule has 2 heterocycles. The minimum absolute atomic E-state index is 0.0276. The highest BCUT2D eigenvalue weighted by Crippen LogP contribution is 2.52. The lowest BCUT2D eigenvalue weighted by Gasteiger charge is -2.41. The molecule has 2 amide bonds. The summed E-state index contributed by atoms with van der Waals surface area (Å²) in [7, 11) is 0. The van der Waals surface area contributed by atoms with Crippen LogP contribution < -0.4 is 5.32 Å². The maximum absolute atomic E-state index is 13.2. The molecule has 2 aromatic rings. The van der Waals surface area contributed by atoms with E-state index in [4.69, 9.17) is 0 Å². The number of nitrogens with one attached hydrogen (secondary N) is 2. The van der Waals surface area contributed by atoms with E-state index in [0.29, 0.717) is 24.7 Å². The van der Waals surface area contributed by atoms with Crippen LogP contribution >= 0.6 is 0 Å². The molecule has 2 aliphatic carbocycles. The molecule has 1 unspecified atom stereocenters. The Kier molecular flexibility index (Phi) is 4.68. The van der Waals surface area contributed by atoms with Gasteiger partial charge in [0.15, 0.2) is 0 Å². The predicted molar refractivity (Wildman–Crippen MR) is 115 cm³/mol. The normalized spacial score (nSPS) is 22.2. The molecule has 0 bridgehead atoms. The van der Waals surface area contributed by atoms with Crippen molar-refractivity contribution in [3.8, 4) is 11.3 Å². The SMILES string of the molecule is Cc1ccc(-c2cc(C(=O)N3CC(C(=O)NCC4CC4)C4(CCC4)C3)[nH]n2)cc1C. The molecule has 6 nitrogen and oxygen atoms in total. The first-order chi connectivity index (χ1) is 14.4. The summed E-state index contributed by atoms with van der Waals surface area (Å²) in [5.41, 5.74) is 4.69. The Morgan fingerprint density at radius 1 is 1.20 bits per heavy atom. The summed E-state index contributed by atoms with van der Waals surface area (Å²) in [6.45, 7) is 6.13. The first-order valence-electron chi connectivity index (χ1n) is 11.2. The Hall–Kier alpha value is -2.63. The third kappa shape index (κ3) is 3.42. The van der Waals surface area contributed by atoms with Gasteiger partial charge in [-0.05, 0) is 68.7 Å². The van der Waals surface area contributed by atoms with E-state index in [1.807, 2.05) is 17.0 Å². The second kappa shape index (κ2) is 7.25. The maximum Gasteiger partial charge on any atom is 0.271 e. The molecule has 0 radical (unpaired) electrons. The fourth-order valence-corrected chi connectivity index (χ4v) is 4.96. The second-order valence-corrected chi connectivity index (χ2v) is 9.61. The van der Waals surface area contributed by atoms with Crippen LogP contribution in [-0.4, -0.2) is 46.5 Å². The number of hydrogen-bond acceptors (Lipinski definition) is 3. The third-order valence-electron chi connectivity index (χ3n) is 7.47. The van der Waals surface area contributed by atoms with Gasteiger partial charge in [-0.15, -0.1) is 0 Å². The molecule has 1 spiro atoms. The van der Waals surface area contributed by atoms with E-state index in [2.05, 4.69) is 41.5 Å². The molecular formula is C24H30N4O2. The van der Waals surface area contributed by atoms with Crippen molar-refractivity contribution >= 4 is 11.8 Å². The van der Waals surface area contributed by atoms with Crippen molar-refractivity contribution in [1.29, 1.82) is 0 Å². The summed E-state index contributed by atoms with van der Waals surface area (Å²) in [5, 5.41) is 10.5. The topological polar surface area (TPSA) is 78.1 Å². The highest BCUT2D eigenvalue weighted by atomic mass is 16.2. The van der Waals surface area contributed by atoms with Crippen molar-refractivity contribution in [2.45, 2.75) is 46.0 Å². The smallest absolute Gasteiger partial charge is 0.271 e. The molecule has 30 heavy (non-hydrogen) atoms. The standard InChI is InChI=1S/C24H30N4O2/c1-15-4-7-18(10-16(15)2)20-11-21(27-26-20)23(30)28-13-19(24(14-28)8-3-9-24)22(29)25-12-17-5-6-17/h4,7,10-11,17,19H,3,5-6,8-9,12-14H2,1-2H3,(H,25,29)(H,26,27). The summed E-state index contributed by atoms with van der Waals surface area (Å²) in [6, 6.07) is 8.04. The molecule has 5 rings (SSSR count). The summed E-state index contributed by atoms with van der Waals surface area (Å²) in [4.78, 5) is 27.9. The lowest BCUT2D eigenvalue weighted by molar-refractivity contribution is -0.129. The molecule has 1 saturated heterocycles. The number of amides is 2. The Labute approximate surface area is 177 Å². The van der Waals surface area contributed by atoms with Gasteiger partial charge in [-0.3, -0.25) is 14.7 Å². The second-order valence-electron chi connectivity index (χ2n) is 9.61. The zero-order chi connectivity index (χ0) is 20.9. The minimum atomic E-state index is -0.0870. The van der Waals surface area contributed by atoms with Crippen molar-refractivity contribution in [2.75, 3.05) is 19.6 Å². The average Bonchev–Trinajstić information content (AvgIpc) is 3.25. The van der Waals surface area contributed by atoms with E-state index in [1.54, 1.807) is 0 Å². The molecule has 1 atom stereocenters. The highest BCUT2D eigenvalue weighted by Gasteiger charge is 2.54. The van der Waals surface area contributed by atoms with Crippen LogP contribution in [0.2, 0.25) is 0 Å². The maximum atomic E-state index is 13.2. The number of aromatic nitrogens is 2. The van der Waals surface area contributed by atoms with Crippen molar-refractivity contribution in [2.24, 2.45) is 17.3 Å². The molecule has 1 aromatic heterocycles. The minimum Gasteiger partial charge on any atom is -0.356 e. The van der Waals surface area contributed by atoms with Gasteiger partial charge in [0.2, 0.25) is 5.91 Å². The zero-order valence-corrected chi connectivity index (χ0v) is 17.8. The number of rotatable bonds is 5. The number of carbonyl (C=O) groups excluding carboxylic acids is 2. The molecule has 3 fully saturated rings. The van der Waals surface area contributed by atoms with Crippen LogP contribution in [0, 0.1) is 31.1 Å². The molecule has 2 N–H and O–H groups in total. The molecule has 6 heteroatoms. The van der Waals surface area contributed by atoms with Gasteiger partial charge < -0.3 is 10.2 Å². The van der Waals surface area contributed by atoms with Gasteiger partial charge in [-0.1, -0.05) is 18.6 Å². The number of aryl methyl sites for hydroxylation is 2. The lowest BCUT2D eigenvalue weighted by atomic mass is 9.62. The average molecular weight is 407 g/mol. The van der Waals surface area contributed by atoms with E-state index < -0.39 is 0 Å². The van der Waals surface area contributed by atoms with Gasteiger partial charge in [0, 0.05) is 30.6 Å². The van der Waals surface area contributed by atoms with E-state index >= 15 is 0 Å². The van der Waals surface area contributed by atoms with E-state index in [9.17, 15) is 9.59 Å². The predicted octanol–water partition coefficient (Wildman–Crippen LogP) is 3.46. The van der Waals surface area contributed by atoms with Crippen LogP contribution in [0.3, 0.4) is 0 Å².